The lowest BCUT2D eigenvalue weighted by atomic mass is 9.82. The Morgan fingerprint density at radius 3 is 2.28 bits per heavy atom. The van der Waals surface area contributed by atoms with Gasteiger partial charge in [-0.25, -0.2) is 0 Å². The molecule has 9 heteroatoms. The van der Waals surface area contributed by atoms with Crippen molar-refractivity contribution in [2.75, 3.05) is 33.7 Å². The molecular weight excluding hydrogens is 580 g/mol. The summed E-state index contributed by atoms with van der Waals surface area (Å²) >= 11 is 0. The van der Waals surface area contributed by atoms with Crippen LogP contribution in [0.25, 0.3) is 0 Å². The number of terminal acetylenes is 1. The van der Waals surface area contributed by atoms with Crippen molar-refractivity contribution in [2.24, 2.45) is 17.8 Å². The van der Waals surface area contributed by atoms with Gasteiger partial charge in [-0.2, -0.15) is 0 Å². The van der Waals surface area contributed by atoms with Crippen molar-refractivity contribution in [3.63, 3.8) is 0 Å². The number of likely N-dealkylation sites (N-methyl/N-ethyl adjacent to an activating group) is 2. The number of carbonyl (C=O) groups is 3. The molecule has 1 saturated carbocycles. The first-order valence-electron chi connectivity index (χ1n) is 17.3. The number of nitrogens with zero attached hydrogens (tertiary/aromatic N) is 2. The molecule has 258 valence electrons. The number of benzene rings is 1. The van der Waals surface area contributed by atoms with Gasteiger partial charge in [-0.3, -0.25) is 14.4 Å². The van der Waals surface area contributed by atoms with E-state index in [9.17, 15) is 24.6 Å². The molecule has 0 aliphatic heterocycles. The van der Waals surface area contributed by atoms with Crippen molar-refractivity contribution in [3.8, 4) is 12.3 Å². The molecule has 9 nitrogen and oxygen atoms in total. The van der Waals surface area contributed by atoms with E-state index in [0.29, 0.717) is 31.7 Å². The van der Waals surface area contributed by atoms with Gasteiger partial charge in [-0.1, -0.05) is 83.2 Å². The summed E-state index contributed by atoms with van der Waals surface area (Å²) in [6.07, 6.45) is 10.7. The van der Waals surface area contributed by atoms with E-state index < -0.39 is 42.0 Å². The molecule has 1 aromatic carbocycles. The Morgan fingerprint density at radius 1 is 1.00 bits per heavy atom. The molecule has 1 aliphatic rings. The van der Waals surface area contributed by atoms with Gasteiger partial charge in [-0.15, -0.1) is 12.3 Å². The molecule has 0 radical (unpaired) electrons. The summed E-state index contributed by atoms with van der Waals surface area (Å²) in [6, 6.07) is 7.93. The number of hydrogen-bond acceptors (Lipinski definition) is 6. The molecule has 0 aromatic heterocycles. The monoisotopic (exact) mass is 640 g/mol. The summed E-state index contributed by atoms with van der Waals surface area (Å²) in [5, 5.41) is 27.9. The Labute approximate surface area is 277 Å². The number of rotatable bonds is 20. The fourth-order valence-electron chi connectivity index (χ4n) is 6.15. The Bertz CT molecular complexity index is 1080. The van der Waals surface area contributed by atoms with Crippen LogP contribution in [0.15, 0.2) is 30.3 Å². The molecule has 0 spiro atoms. The summed E-state index contributed by atoms with van der Waals surface area (Å²) in [6.45, 7) is 8.16. The van der Waals surface area contributed by atoms with E-state index in [1.807, 2.05) is 51.2 Å². The molecule has 3 amide bonds. The molecule has 1 aliphatic carbocycles. The van der Waals surface area contributed by atoms with Gasteiger partial charge in [0.15, 0.2) is 0 Å². The highest BCUT2D eigenvalue weighted by Gasteiger charge is 2.34. The average molecular weight is 641 g/mol. The van der Waals surface area contributed by atoms with Crippen LogP contribution in [0.5, 0.6) is 0 Å². The maximum absolute atomic E-state index is 13.9. The molecule has 0 heterocycles. The van der Waals surface area contributed by atoms with Crippen molar-refractivity contribution in [2.45, 2.75) is 116 Å². The van der Waals surface area contributed by atoms with Crippen molar-refractivity contribution in [1.82, 2.24) is 20.4 Å². The second kappa shape index (κ2) is 21.0. The van der Waals surface area contributed by atoms with Crippen LogP contribution in [0, 0.1) is 30.1 Å². The second-order valence-corrected chi connectivity index (χ2v) is 13.6. The number of aliphatic hydroxyl groups excluding tert-OH is 2. The fourth-order valence-corrected chi connectivity index (χ4v) is 6.15. The number of aliphatic hydroxyl groups is 2. The maximum Gasteiger partial charge on any atom is 0.242 e. The minimum atomic E-state index is -1.14. The lowest BCUT2D eigenvalue weighted by Crippen LogP contribution is -2.56. The summed E-state index contributed by atoms with van der Waals surface area (Å²) in [5.74, 6) is 1.42. The van der Waals surface area contributed by atoms with E-state index in [-0.39, 0.29) is 31.1 Å². The topological polar surface area (TPSA) is 122 Å². The van der Waals surface area contributed by atoms with Crippen molar-refractivity contribution in [1.29, 1.82) is 0 Å². The first kappa shape index (κ1) is 39.2. The van der Waals surface area contributed by atoms with Crippen LogP contribution < -0.4 is 10.6 Å². The van der Waals surface area contributed by atoms with Gasteiger partial charge in [0.2, 0.25) is 17.7 Å². The predicted molar refractivity (Wildman–Crippen MR) is 184 cm³/mol. The lowest BCUT2D eigenvalue weighted by molar-refractivity contribution is -0.137. The van der Waals surface area contributed by atoms with Crippen LogP contribution in [0.2, 0.25) is 0 Å². The van der Waals surface area contributed by atoms with Gasteiger partial charge in [0.05, 0.1) is 18.1 Å². The third-order valence-corrected chi connectivity index (χ3v) is 9.27. The van der Waals surface area contributed by atoms with Gasteiger partial charge < -0.3 is 30.6 Å². The standard InChI is InChI=1S/C37H60N4O5/c1-7-9-20-31(37(46)39-32(25-29-18-14-11-15-19-29)35(44)33(42)23-27(3)4)38-36(45)30(24-28-16-12-10-13-17-28)26-34(43)41(6)22-21-40(5)8-2/h1,10,12-13,16-17,27,29-33,35,42,44H,8-9,11,14-15,18-26H2,2-6H3,(H,38,45)(H,39,46)/t30-,31+,32+,33+,35-/m1/s1. The highest BCUT2D eigenvalue weighted by molar-refractivity contribution is 5.91. The van der Waals surface area contributed by atoms with Crippen LogP contribution in [-0.2, 0) is 20.8 Å². The van der Waals surface area contributed by atoms with Crippen LogP contribution in [0.1, 0.15) is 90.5 Å². The minimum absolute atomic E-state index is 0.000951. The SMILES string of the molecule is C#CCC[C@H](NC(=O)[C@@H](CC(=O)N(C)CCN(C)CC)Cc1ccccc1)C(=O)N[C@@H](CC1CCCCC1)[C@@H](O)[C@@H](O)CC(C)C. The van der Waals surface area contributed by atoms with Crippen molar-refractivity contribution in [3.05, 3.63) is 35.9 Å². The summed E-state index contributed by atoms with van der Waals surface area (Å²) in [4.78, 5) is 44.7. The van der Waals surface area contributed by atoms with Crippen LogP contribution in [0.3, 0.4) is 0 Å². The maximum atomic E-state index is 13.9. The largest absolute Gasteiger partial charge is 0.390 e. The van der Waals surface area contributed by atoms with Crippen molar-refractivity contribution >= 4 is 17.7 Å². The van der Waals surface area contributed by atoms with E-state index in [1.54, 1.807) is 11.9 Å². The quantitative estimate of drug-likeness (QED) is 0.161. The van der Waals surface area contributed by atoms with E-state index >= 15 is 0 Å². The highest BCUT2D eigenvalue weighted by Crippen LogP contribution is 2.29. The molecule has 0 unspecified atom stereocenters. The number of hydrogen-bond donors (Lipinski definition) is 4. The average Bonchev–Trinajstić information content (AvgIpc) is 3.04. The Morgan fingerprint density at radius 2 is 1.67 bits per heavy atom. The molecule has 0 saturated heterocycles. The molecule has 1 fully saturated rings. The van der Waals surface area contributed by atoms with E-state index in [1.165, 1.54) is 6.42 Å². The van der Waals surface area contributed by atoms with Crippen molar-refractivity contribution < 1.29 is 24.6 Å². The normalized spacial score (nSPS) is 17.0. The molecule has 2 rings (SSSR count). The van der Waals surface area contributed by atoms with Crippen LogP contribution in [0.4, 0.5) is 0 Å². The zero-order valence-electron chi connectivity index (χ0n) is 28.9. The summed E-state index contributed by atoms with van der Waals surface area (Å²) in [7, 11) is 3.74. The Hall–Kier alpha value is -2.93. The van der Waals surface area contributed by atoms with Gasteiger partial charge >= 0.3 is 0 Å². The molecule has 0 bridgehead atoms. The molecule has 4 N–H and O–H groups in total. The zero-order valence-corrected chi connectivity index (χ0v) is 28.9. The third kappa shape index (κ3) is 14.2. The van der Waals surface area contributed by atoms with Crippen LogP contribution in [-0.4, -0.2) is 95.8 Å². The molecule has 5 atom stereocenters. The molecule has 46 heavy (non-hydrogen) atoms. The number of carbonyl (C=O) groups excluding carboxylic acids is 3. The zero-order chi connectivity index (χ0) is 34.1. The van der Waals surface area contributed by atoms with Gasteiger partial charge in [0.25, 0.3) is 0 Å². The van der Waals surface area contributed by atoms with E-state index in [4.69, 9.17) is 6.42 Å². The Kier molecular flexibility index (Phi) is 18.0. The van der Waals surface area contributed by atoms with Crippen LogP contribution >= 0.6 is 0 Å². The third-order valence-electron chi connectivity index (χ3n) is 9.27. The summed E-state index contributed by atoms with van der Waals surface area (Å²) < 4.78 is 0. The van der Waals surface area contributed by atoms with Gasteiger partial charge in [-0.05, 0) is 56.7 Å². The summed E-state index contributed by atoms with van der Waals surface area (Å²) in [5.41, 5.74) is 0.920. The van der Waals surface area contributed by atoms with E-state index in [0.717, 1.165) is 44.3 Å². The fraction of sp³-hybridized carbons (Fsp3) is 0.703. The van der Waals surface area contributed by atoms with Gasteiger partial charge in [0, 0.05) is 33.0 Å². The van der Waals surface area contributed by atoms with E-state index in [2.05, 4.69) is 28.4 Å². The smallest absolute Gasteiger partial charge is 0.242 e. The predicted octanol–water partition coefficient (Wildman–Crippen LogP) is 3.77. The first-order valence-corrected chi connectivity index (χ1v) is 17.3. The number of nitrogens with one attached hydrogen (secondary N) is 2. The van der Waals surface area contributed by atoms with Gasteiger partial charge in [0.1, 0.15) is 12.1 Å². The molecular formula is C37H60N4O5. The minimum Gasteiger partial charge on any atom is -0.390 e. The highest BCUT2D eigenvalue weighted by atomic mass is 16.3. The Balaban J connectivity index is 2.24. The molecule has 1 aromatic rings. The number of amides is 3. The second-order valence-electron chi connectivity index (χ2n) is 13.6. The lowest BCUT2D eigenvalue weighted by Gasteiger charge is -2.34. The first-order chi connectivity index (χ1) is 21.9.